The number of nitrogens with zero attached hydrogens (tertiary/aromatic N) is 1. The van der Waals surface area contributed by atoms with Gasteiger partial charge in [0.1, 0.15) is 5.01 Å². The minimum Gasteiger partial charge on any atom is -0.392 e. The maximum absolute atomic E-state index is 10.2. The van der Waals surface area contributed by atoms with Gasteiger partial charge in [-0.25, -0.2) is 4.98 Å². The van der Waals surface area contributed by atoms with Crippen LogP contribution in [0, 0.1) is 0 Å². The Morgan fingerprint density at radius 3 is 2.90 bits per heavy atom. The van der Waals surface area contributed by atoms with E-state index in [1.54, 1.807) is 11.3 Å². The lowest BCUT2D eigenvalue weighted by atomic mass is 10.1. The van der Waals surface area contributed by atoms with Gasteiger partial charge in [0.15, 0.2) is 0 Å². The van der Waals surface area contributed by atoms with E-state index in [4.69, 9.17) is 4.98 Å². The van der Waals surface area contributed by atoms with Gasteiger partial charge >= 0.3 is 0 Å². The van der Waals surface area contributed by atoms with Crippen molar-refractivity contribution >= 4 is 21.6 Å². The Labute approximate surface area is 124 Å². The van der Waals surface area contributed by atoms with Crippen LogP contribution < -0.4 is 5.32 Å². The Hall–Kier alpha value is -0.970. The van der Waals surface area contributed by atoms with Gasteiger partial charge in [0.05, 0.1) is 22.4 Å². The van der Waals surface area contributed by atoms with Crippen LogP contribution in [-0.2, 0) is 0 Å². The van der Waals surface area contributed by atoms with Crippen molar-refractivity contribution in [3.63, 3.8) is 0 Å². The summed E-state index contributed by atoms with van der Waals surface area (Å²) >= 11 is 1.75. The van der Waals surface area contributed by atoms with E-state index in [0.717, 1.165) is 29.8 Å². The van der Waals surface area contributed by atoms with Crippen LogP contribution in [-0.4, -0.2) is 22.2 Å². The second-order valence-electron chi connectivity index (χ2n) is 5.72. The first-order valence-corrected chi connectivity index (χ1v) is 8.35. The van der Waals surface area contributed by atoms with Gasteiger partial charge in [-0.1, -0.05) is 31.4 Å². The van der Waals surface area contributed by atoms with Crippen molar-refractivity contribution in [1.29, 1.82) is 0 Å². The van der Waals surface area contributed by atoms with Gasteiger partial charge in [-0.2, -0.15) is 0 Å². The van der Waals surface area contributed by atoms with Crippen molar-refractivity contribution in [3.8, 4) is 0 Å². The van der Waals surface area contributed by atoms with E-state index in [1.807, 2.05) is 6.07 Å². The minimum atomic E-state index is -0.214. The molecule has 1 aromatic heterocycles. The molecule has 0 amide bonds. The fourth-order valence-corrected chi connectivity index (χ4v) is 3.93. The molecule has 0 bridgehead atoms. The molecule has 2 N–H and O–H groups in total. The van der Waals surface area contributed by atoms with Crippen molar-refractivity contribution in [2.75, 3.05) is 0 Å². The number of nitrogens with one attached hydrogen (secondary N) is 1. The Morgan fingerprint density at radius 1 is 1.25 bits per heavy atom. The molecule has 1 aliphatic rings. The smallest absolute Gasteiger partial charge is 0.111 e. The standard InChI is InChI=1S/C16H22N2OS/c1-11(17-12-7-3-2-4-9-14(12)19)16-18-13-8-5-6-10-15(13)20-16/h5-6,8,10-12,14,17,19H,2-4,7,9H2,1H3. The molecule has 20 heavy (non-hydrogen) atoms. The molecule has 0 aliphatic heterocycles. The Morgan fingerprint density at radius 2 is 2.05 bits per heavy atom. The van der Waals surface area contributed by atoms with Gasteiger partial charge in [-0.3, -0.25) is 0 Å². The summed E-state index contributed by atoms with van der Waals surface area (Å²) in [5.74, 6) is 0. The van der Waals surface area contributed by atoms with E-state index in [9.17, 15) is 5.11 Å². The molecule has 0 radical (unpaired) electrons. The molecule has 3 rings (SSSR count). The molecule has 1 saturated carbocycles. The highest BCUT2D eigenvalue weighted by molar-refractivity contribution is 7.18. The van der Waals surface area contributed by atoms with Crippen molar-refractivity contribution in [2.45, 2.75) is 57.2 Å². The second-order valence-corrected chi connectivity index (χ2v) is 6.78. The molecule has 3 atom stereocenters. The Kier molecular flexibility index (Phi) is 4.34. The Balaban J connectivity index is 1.72. The zero-order chi connectivity index (χ0) is 13.9. The summed E-state index contributed by atoms with van der Waals surface area (Å²) in [4.78, 5) is 4.70. The summed E-state index contributed by atoms with van der Waals surface area (Å²) in [7, 11) is 0. The summed E-state index contributed by atoms with van der Waals surface area (Å²) < 4.78 is 1.23. The Bertz CT molecular complexity index is 535. The predicted octanol–water partition coefficient (Wildman–Crippen LogP) is 3.64. The molecule has 1 fully saturated rings. The lowest BCUT2D eigenvalue weighted by Crippen LogP contribution is -2.40. The SMILES string of the molecule is CC(NC1CCCCCC1O)c1nc2ccccc2s1. The first-order valence-electron chi connectivity index (χ1n) is 7.53. The van der Waals surface area contributed by atoms with Crippen LogP contribution in [0.1, 0.15) is 50.1 Å². The predicted molar refractivity (Wildman–Crippen MR) is 84.1 cm³/mol. The van der Waals surface area contributed by atoms with Crippen molar-refractivity contribution in [1.82, 2.24) is 10.3 Å². The number of benzene rings is 1. The van der Waals surface area contributed by atoms with Crippen molar-refractivity contribution < 1.29 is 5.11 Å². The van der Waals surface area contributed by atoms with E-state index in [2.05, 4.69) is 30.4 Å². The first kappa shape index (κ1) is 14.0. The maximum Gasteiger partial charge on any atom is 0.111 e. The fourth-order valence-electron chi connectivity index (χ4n) is 2.95. The van der Waals surface area contributed by atoms with Gasteiger partial charge < -0.3 is 10.4 Å². The van der Waals surface area contributed by atoms with Crippen LogP contribution in [0.3, 0.4) is 0 Å². The van der Waals surface area contributed by atoms with E-state index in [1.165, 1.54) is 17.5 Å². The zero-order valence-corrected chi connectivity index (χ0v) is 12.7. The lowest BCUT2D eigenvalue weighted by Gasteiger charge is -2.25. The maximum atomic E-state index is 10.2. The lowest BCUT2D eigenvalue weighted by molar-refractivity contribution is 0.115. The molecular formula is C16H22N2OS. The molecule has 3 unspecified atom stereocenters. The number of hydrogen-bond donors (Lipinski definition) is 2. The molecule has 0 saturated heterocycles. The van der Waals surface area contributed by atoms with Crippen LogP contribution >= 0.6 is 11.3 Å². The monoisotopic (exact) mass is 290 g/mol. The van der Waals surface area contributed by atoms with E-state index in [0.29, 0.717) is 0 Å². The molecule has 108 valence electrons. The van der Waals surface area contributed by atoms with Gasteiger partial charge in [0.25, 0.3) is 0 Å². The number of para-hydroxylation sites is 1. The fraction of sp³-hybridized carbons (Fsp3) is 0.562. The van der Waals surface area contributed by atoms with Gasteiger partial charge in [0.2, 0.25) is 0 Å². The third-order valence-electron chi connectivity index (χ3n) is 4.12. The van der Waals surface area contributed by atoms with E-state index in [-0.39, 0.29) is 18.2 Å². The van der Waals surface area contributed by atoms with Crippen molar-refractivity contribution in [3.05, 3.63) is 29.3 Å². The zero-order valence-electron chi connectivity index (χ0n) is 11.9. The van der Waals surface area contributed by atoms with Gasteiger partial charge in [-0.15, -0.1) is 11.3 Å². The average molecular weight is 290 g/mol. The highest BCUT2D eigenvalue weighted by atomic mass is 32.1. The molecule has 2 aromatic rings. The molecular weight excluding hydrogens is 268 g/mol. The average Bonchev–Trinajstić information content (AvgIpc) is 2.79. The molecule has 1 aromatic carbocycles. The third-order valence-corrected chi connectivity index (χ3v) is 5.34. The molecule has 1 heterocycles. The number of fused-ring (bicyclic) bond motifs is 1. The van der Waals surface area contributed by atoms with Crippen LogP contribution in [0.5, 0.6) is 0 Å². The number of hydrogen-bond acceptors (Lipinski definition) is 4. The number of thiazole rings is 1. The van der Waals surface area contributed by atoms with Crippen LogP contribution in [0.15, 0.2) is 24.3 Å². The number of aromatic nitrogens is 1. The van der Waals surface area contributed by atoms with Gasteiger partial charge in [-0.05, 0) is 31.9 Å². The highest BCUT2D eigenvalue weighted by Crippen LogP contribution is 2.27. The summed E-state index contributed by atoms with van der Waals surface area (Å²) in [5.41, 5.74) is 1.07. The first-order chi connectivity index (χ1) is 9.74. The normalized spacial score (nSPS) is 25.5. The summed E-state index contributed by atoms with van der Waals surface area (Å²) in [6.07, 6.45) is 5.37. The number of aliphatic hydroxyl groups excluding tert-OH is 1. The van der Waals surface area contributed by atoms with E-state index < -0.39 is 0 Å². The third kappa shape index (κ3) is 3.03. The van der Waals surface area contributed by atoms with Gasteiger partial charge in [0, 0.05) is 6.04 Å². The topological polar surface area (TPSA) is 45.1 Å². The quantitative estimate of drug-likeness (QED) is 0.848. The summed E-state index contributed by atoms with van der Waals surface area (Å²) in [6.45, 7) is 2.15. The van der Waals surface area contributed by atoms with E-state index >= 15 is 0 Å². The van der Waals surface area contributed by atoms with Crippen LogP contribution in [0.25, 0.3) is 10.2 Å². The molecule has 3 nitrogen and oxygen atoms in total. The summed E-state index contributed by atoms with van der Waals surface area (Å²) in [6, 6.07) is 8.66. The number of rotatable bonds is 3. The minimum absolute atomic E-state index is 0.199. The molecule has 4 heteroatoms. The molecule has 0 spiro atoms. The second kappa shape index (κ2) is 6.20. The molecule has 1 aliphatic carbocycles. The largest absolute Gasteiger partial charge is 0.392 e. The summed E-state index contributed by atoms with van der Waals surface area (Å²) in [5, 5.41) is 14.9. The van der Waals surface area contributed by atoms with Crippen molar-refractivity contribution in [2.24, 2.45) is 0 Å². The van der Waals surface area contributed by atoms with Crippen LogP contribution in [0.4, 0.5) is 0 Å². The number of aliphatic hydroxyl groups is 1. The van der Waals surface area contributed by atoms with Crippen LogP contribution in [0.2, 0.25) is 0 Å². The highest BCUT2D eigenvalue weighted by Gasteiger charge is 2.24.